The Kier molecular flexibility index (Phi) is 4.05. The summed E-state index contributed by atoms with van der Waals surface area (Å²) in [4.78, 5) is 22.8. The van der Waals surface area contributed by atoms with Crippen LogP contribution in [0.3, 0.4) is 0 Å². The molecule has 2 saturated heterocycles. The van der Waals surface area contributed by atoms with Crippen LogP contribution in [-0.2, 0) is 13.2 Å². The molecule has 2 bridgehead atoms. The largest absolute Gasteiger partial charge is 0.473 e. The van der Waals surface area contributed by atoms with Crippen molar-refractivity contribution in [2.45, 2.75) is 38.5 Å². The highest BCUT2D eigenvalue weighted by molar-refractivity contribution is 5.54. The number of aromatic nitrogens is 3. The van der Waals surface area contributed by atoms with Crippen molar-refractivity contribution < 1.29 is 18.3 Å². The fourth-order valence-electron chi connectivity index (χ4n) is 5.16. The minimum atomic E-state index is -0.857. The van der Waals surface area contributed by atoms with Gasteiger partial charge in [0.25, 0.3) is 0 Å². The number of pyridine rings is 1. The molecule has 3 fully saturated rings. The molecule has 0 amide bonds. The Balaban J connectivity index is 1.20. The lowest BCUT2D eigenvalue weighted by Gasteiger charge is -2.37. The molecule has 7 rings (SSSR count). The summed E-state index contributed by atoms with van der Waals surface area (Å²) in [6.45, 7) is 3.27. The van der Waals surface area contributed by atoms with Gasteiger partial charge in [0.15, 0.2) is 17.4 Å². The Hall–Kier alpha value is -3.49. The van der Waals surface area contributed by atoms with E-state index in [0.717, 1.165) is 43.0 Å². The lowest BCUT2D eigenvalue weighted by Crippen LogP contribution is -2.44. The highest BCUT2D eigenvalue weighted by atomic mass is 19.1. The SMILES string of the molecule is Cc1ccc(Oc2c(F)cc(COc3cc4n(c(=O)n3)CC35CC(CN43)C5)cc2F)cn1. The van der Waals surface area contributed by atoms with Gasteiger partial charge in [-0.1, -0.05) is 0 Å². The van der Waals surface area contributed by atoms with Crippen molar-refractivity contribution in [1.29, 1.82) is 0 Å². The van der Waals surface area contributed by atoms with E-state index in [1.165, 1.54) is 6.20 Å². The van der Waals surface area contributed by atoms with Crippen LogP contribution in [0.4, 0.5) is 14.6 Å². The van der Waals surface area contributed by atoms with Gasteiger partial charge in [0, 0.05) is 18.3 Å². The molecule has 1 saturated carbocycles. The average Bonchev–Trinajstić information content (AvgIpc) is 3.37. The van der Waals surface area contributed by atoms with Crippen molar-refractivity contribution in [2.75, 3.05) is 11.4 Å². The maximum absolute atomic E-state index is 14.5. The summed E-state index contributed by atoms with van der Waals surface area (Å²) in [5.74, 6) is -0.333. The monoisotopic (exact) mass is 438 g/mol. The fourth-order valence-corrected chi connectivity index (χ4v) is 5.16. The minimum Gasteiger partial charge on any atom is -0.473 e. The summed E-state index contributed by atoms with van der Waals surface area (Å²) < 4.78 is 41.7. The summed E-state index contributed by atoms with van der Waals surface area (Å²) in [5.41, 5.74) is 0.725. The number of benzene rings is 1. The Morgan fingerprint density at radius 3 is 2.69 bits per heavy atom. The van der Waals surface area contributed by atoms with Crippen molar-refractivity contribution >= 4 is 5.82 Å². The van der Waals surface area contributed by atoms with Crippen molar-refractivity contribution in [3.63, 3.8) is 0 Å². The highest BCUT2D eigenvalue weighted by Crippen LogP contribution is 2.56. The predicted octanol–water partition coefficient (Wildman–Crippen LogP) is 3.58. The Morgan fingerprint density at radius 2 is 1.97 bits per heavy atom. The first-order valence-electron chi connectivity index (χ1n) is 10.5. The number of anilines is 1. The maximum atomic E-state index is 14.5. The summed E-state index contributed by atoms with van der Waals surface area (Å²) in [6, 6.07) is 7.30. The van der Waals surface area contributed by atoms with E-state index in [0.29, 0.717) is 12.5 Å². The first-order valence-corrected chi connectivity index (χ1v) is 10.5. The second-order valence-corrected chi connectivity index (χ2v) is 8.85. The number of aryl methyl sites for hydroxylation is 1. The van der Waals surface area contributed by atoms with Crippen LogP contribution in [0.25, 0.3) is 0 Å². The topological polar surface area (TPSA) is 69.5 Å². The molecule has 1 aliphatic carbocycles. The molecular weight excluding hydrogens is 418 g/mol. The Labute approximate surface area is 182 Å². The summed E-state index contributed by atoms with van der Waals surface area (Å²) >= 11 is 0. The van der Waals surface area contributed by atoms with E-state index in [4.69, 9.17) is 9.47 Å². The van der Waals surface area contributed by atoms with Crippen molar-refractivity contribution in [2.24, 2.45) is 5.92 Å². The summed E-state index contributed by atoms with van der Waals surface area (Å²) in [7, 11) is 0. The van der Waals surface area contributed by atoms with Gasteiger partial charge in [-0.25, -0.2) is 13.6 Å². The number of halogens is 2. The molecule has 1 aromatic carbocycles. The van der Waals surface area contributed by atoms with E-state index in [2.05, 4.69) is 14.9 Å². The zero-order chi connectivity index (χ0) is 22.0. The molecule has 0 radical (unpaired) electrons. The third-order valence-corrected chi connectivity index (χ3v) is 6.59. The van der Waals surface area contributed by atoms with E-state index in [-0.39, 0.29) is 35.0 Å². The Bertz CT molecular complexity index is 1260. The number of rotatable bonds is 5. The molecule has 164 valence electrons. The van der Waals surface area contributed by atoms with E-state index in [9.17, 15) is 13.6 Å². The van der Waals surface area contributed by atoms with Crippen LogP contribution in [0, 0.1) is 24.5 Å². The van der Waals surface area contributed by atoms with E-state index < -0.39 is 17.4 Å². The van der Waals surface area contributed by atoms with Crippen molar-refractivity contribution in [3.8, 4) is 17.4 Å². The molecule has 2 aromatic heterocycles. The zero-order valence-corrected chi connectivity index (χ0v) is 17.3. The molecule has 3 aliphatic heterocycles. The van der Waals surface area contributed by atoms with E-state index in [1.54, 1.807) is 29.7 Å². The van der Waals surface area contributed by atoms with Gasteiger partial charge in [-0.2, -0.15) is 4.98 Å². The molecule has 5 heterocycles. The van der Waals surface area contributed by atoms with Crippen LogP contribution in [0.15, 0.2) is 41.3 Å². The second-order valence-electron chi connectivity index (χ2n) is 8.85. The lowest BCUT2D eigenvalue weighted by atomic mass is 9.74. The first-order chi connectivity index (χ1) is 15.4. The van der Waals surface area contributed by atoms with Crippen LogP contribution in [0.2, 0.25) is 0 Å². The molecular formula is C23H20F2N4O3. The van der Waals surface area contributed by atoms with Gasteiger partial charge in [-0.05, 0) is 55.5 Å². The van der Waals surface area contributed by atoms with Gasteiger partial charge >= 0.3 is 5.69 Å². The third-order valence-electron chi connectivity index (χ3n) is 6.59. The standard InChI is InChI=1S/C23H20F2N4O3/c1-13-2-3-16(9-26-13)32-21-17(24)4-14(5-18(21)25)11-31-19-6-20-28(22(30)27-19)12-23-7-15(8-23)10-29(20)23/h2-6,9,15H,7-8,10-12H2,1H3. The zero-order valence-electron chi connectivity index (χ0n) is 17.3. The molecule has 3 aromatic rings. The second kappa shape index (κ2) is 6.75. The maximum Gasteiger partial charge on any atom is 0.352 e. The van der Waals surface area contributed by atoms with Crippen LogP contribution >= 0.6 is 0 Å². The highest BCUT2D eigenvalue weighted by Gasteiger charge is 2.60. The number of hydrogen-bond donors (Lipinski definition) is 0. The van der Waals surface area contributed by atoms with Crippen LogP contribution in [0.1, 0.15) is 24.1 Å². The van der Waals surface area contributed by atoms with Gasteiger partial charge < -0.3 is 14.4 Å². The lowest BCUT2D eigenvalue weighted by molar-refractivity contribution is 0.229. The predicted molar refractivity (Wildman–Crippen MR) is 111 cm³/mol. The number of hydrogen-bond acceptors (Lipinski definition) is 6. The summed E-state index contributed by atoms with van der Waals surface area (Å²) in [6.07, 6.45) is 3.61. The number of ether oxygens (including phenoxy) is 2. The molecule has 4 aliphatic rings. The molecule has 0 atom stereocenters. The first kappa shape index (κ1) is 19.2. The van der Waals surface area contributed by atoms with Gasteiger partial charge in [0.2, 0.25) is 5.88 Å². The Morgan fingerprint density at radius 1 is 1.19 bits per heavy atom. The van der Waals surface area contributed by atoms with Crippen LogP contribution in [-0.4, -0.2) is 26.6 Å². The molecule has 0 N–H and O–H groups in total. The minimum absolute atomic E-state index is 0.0617. The molecule has 0 unspecified atom stereocenters. The fraction of sp³-hybridized carbons (Fsp3) is 0.348. The van der Waals surface area contributed by atoms with Gasteiger partial charge in [0.05, 0.1) is 18.3 Å². The van der Waals surface area contributed by atoms with Crippen molar-refractivity contribution in [1.82, 2.24) is 14.5 Å². The number of nitrogens with zero attached hydrogens (tertiary/aromatic N) is 4. The van der Waals surface area contributed by atoms with Crippen LogP contribution < -0.4 is 20.1 Å². The van der Waals surface area contributed by atoms with Gasteiger partial charge in [0.1, 0.15) is 18.2 Å². The third kappa shape index (κ3) is 2.95. The molecule has 7 nitrogen and oxygen atoms in total. The normalized spacial score (nSPS) is 22.3. The smallest absolute Gasteiger partial charge is 0.352 e. The van der Waals surface area contributed by atoms with Crippen molar-refractivity contribution in [3.05, 3.63) is 69.9 Å². The molecule has 9 heteroatoms. The quantitative estimate of drug-likeness (QED) is 0.607. The average molecular weight is 438 g/mol. The van der Waals surface area contributed by atoms with E-state index >= 15 is 0 Å². The van der Waals surface area contributed by atoms with Gasteiger partial charge in [-0.15, -0.1) is 0 Å². The van der Waals surface area contributed by atoms with Crippen LogP contribution in [0.5, 0.6) is 17.4 Å². The number of fused-ring (bicyclic) bond motifs is 1. The summed E-state index contributed by atoms with van der Waals surface area (Å²) in [5, 5.41) is 0. The molecule has 32 heavy (non-hydrogen) atoms. The molecule has 1 spiro atoms. The van der Waals surface area contributed by atoms with Gasteiger partial charge in [-0.3, -0.25) is 9.55 Å². The van der Waals surface area contributed by atoms with E-state index in [1.807, 2.05) is 0 Å².